The molecule has 0 amide bonds. The molecule has 5 aliphatic rings. The van der Waals surface area contributed by atoms with Crippen LogP contribution in [0.25, 0.3) is 34.4 Å². The van der Waals surface area contributed by atoms with Crippen LogP contribution in [0.3, 0.4) is 0 Å². The predicted octanol–water partition coefficient (Wildman–Crippen LogP) is 15.0. The number of fused-ring (bicyclic) bond motifs is 6. The molecular formula is C61H43N. The van der Waals surface area contributed by atoms with Crippen molar-refractivity contribution in [1.29, 1.82) is 0 Å². The fourth-order valence-corrected chi connectivity index (χ4v) is 11.7. The Balaban J connectivity index is 0.828. The third kappa shape index (κ3) is 5.34. The van der Waals surface area contributed by atoms with Crippen LogP contribution in [0.4, 0.5) is 17.1 Å². The van der Waals surface area contributed by atoms with Gasteiger partial charge >= 0.3 is 0 Å². The molecule has 0 saturated heterocycles. The molecule has 9 aromatic rings. The highest BCUT2D eigenvalue weighted by Gasteiger charge is 2.47. The average Bonchev–Trinajstić information content (AvgIpc) is 3.86. The lowest BCUT2D eigenvalue weighted by Gasteiger charge is -2.42. The van der Waals surface area contributed by atoms with E-state index in [2.05, 4.69) is 229 Å². The first-order valence-corrected chi connectivity index (χ1v) is 22.1. The smallest absolute Gasteiger partial charge is 0.0465 e. The second-order valence-electron chi connectivity index (χ2n) is 17.7. The summed E-state index contributed by atoms with van der Waals surface area (Å²) in [4.78, 5) is 2.39. The lowest BCUT2D eigenvalue weighted by atomic mass is 9.61. The maximum atomic E-state index is 2.49. The van der Waals surface area contributed by atoms with Crippen molar-refractivity contribution < 1.29 is 0 Å². The number of para-hydroxylation sites is 2. The van der Waals surface area contributed by atoms with Crippen LogP contribution in [-0.4, -0.2) is 0 Å². The first-order valence-electron chi connectivity index (χ1n) is 22.1. The second-order valence-corrected chi connectivity index (χ2v) is 17.7. The quantitative estimate of drug-likeness (QED) is 0.152. The molecule has 1 spiro atoms. The average molecular weight is 790 g/mol. The molecule has 9 aromatic carbocycles. The van der Waals surface area contributed by atoms with Crippen molar-refractivity contribution in [2.24, 2.45) is 0 Å². The molecule has 2 bridgehead atoms. The molecule has 0 unspecified atom stereocenters. The molecule has 62 heavy (non-hydrogen) atoms. The van der Waals surface area contributed by atoms with Gasteiger partial charge in [-0.25, -0.2) is 0 Å². The fraction of sp³-hybridized carbons (Fsp3) is 0.0820. The molecule has 0 aliphatic heterocycles. The third-order valence-electron chi connectivity index (χ3n) is 14.4. The lowest BCUT2D eigenvalue weighted by Crippen LogP contribution is -2.27. The highest BCUT2D eigenvalue weighted by atomic mass is 15.1. The molecular weight excluding hydrogens is 747 g/mol. The van der Waals surface area contributed by atoms with E-state index in [0.717, 1.165) is 24.2 Å². The molecule has 0 fully saturated rings. The Hall–Kier alpha value is -7.48. The molecule has 292 valence electrons. The Kier molecular flexibility index (Phi) is 7.84. The maximum absolute atomic E-state index is 2.49. The Morgan fingerprint density at radius 1 is 0.355 bits per heavy atom. The molecule has 0 atom stereocenters. The van der Waals surface area contributed by atoms with Gasteiger partial charge in [-0.05, 0) is 144 Å². The van der Waals surface area contributed by atoms with Gasteiger partial charge in [0.1, 0.15) is 0 Å². The van der Waals surface area contributed by atoms with Crippen LogP contribution in [0.15, 0.2) is 212 Å². The van der Waals surface area contributed by atoms with Crippen LogP contribution in [0.5, 0.6) is 0 Å². The summed E-state index contributed by atoms with van der Waals surface area (Å²) in [5.41, 5.74) is 25.6. The van der Waals surface area contributed by atoms with E-state index in [9.17, 15) is 0 Å². The van der Waals surface area contributed by atoms with Gasteiger partial charge in [-0.3, -0.25) is 0 Å². The summed E-state index contributed by atoms with van der Waals surface area (Å²) in [5, 5.41) is 0. The van der Waals surface area contributed by atoms with E-state index in [1.807, 2.05) is 0 Å². The van der Waals surface area contributed by atoms with Crippen LogP contribution in [0, 0.1) is 0 Å². The summed E-state index contributed by atoms with van der Waals surface area (Å²) >= 11 is 0. The van der Waals surface area contributed by atoms with Crippen molar-refractivity contribution >= 4 is 29.2 Å². The van der Waals surface area contributed by atoms with Gasteiger partial charge in [-0.1, -0.05) is 182 Å². The Labute approximate surface area is 363 Å². The highest BCUT2D eigenvalue weighted by Crippen LogP contribution is 2.58. The zero-order valence-corrected chi connectivity index (χ0v) is 34.4. The van der Waals surface area contributed by atoms with E-state index in [-0.39, 0.29) is 11.3 Å². The Morgan fingerprint density at radius 2 is 0.823 bits per heavy atom. The minimum absolute atomic E-state index is 0.132. The van der Waals surface area contributed by atoms with E-state index in [4.69, 9.17) is 0 Å². The van der Waals surface area contributed by atoms with Crippen molar-refractivity contribution in [3.05, 3.63) is 279 Å². The van der Waals surface area contributed by atoms with Crippen molar-refractivity contribution in [1.82, 2.24) is 0 Å². The standard InChI is InChI=1S/C61H43N/c1-3-15-46(16-4-1)62(47-17-5-2-6-18-47)48-31-34-50-49-32-27-41(35-57(49)61(58(50)37-48)38-44-13-7-8-14-45(44)39-61)24-23-40-25-28-42(29-26-40)43-30-33-55-56(36-43)60-53-21-11-9-19-51(53)59(55)52-20-10-12-22-54(52)60/h1-37,59-60H,38-39H2/b24-23+. The van der Waals surface area contributed by atoms with Crippen LogP contribution in [-0.2, 0) is 18.3 Å². The zero-order valence-electron chi connectivity index (χ0n) is 34.4. The third-order valence-corrected chi connectivity index (χ3v) is 14.4. The Morgan fingerprint density at radius 3 is 1.44 bits per heavy atom. The van der Waals surface area contributed by atoms with Crippen LogP contribution in [0.1, 0.15) is 78.6 Å². The zero-order chi connectivity index (χ0) is 40.8. The molecule has 0 N–H and O–H groups in total. The SMILES string of the molecule is C(=C\c1ccc2c(c1)C1(Cc3ccccc3C1)c1cc(N(c3ccccc3)c3ccccc3)ccc1-2)/c1ccc(-c2ccc3c(c2)C2c4ccccc4C3c3ccccc32)cc1. The summed E-state index contributed by atoms with van der Waals surface area (Å²) in [7, 11) is 0. The molecule has 0 heterocycles. The molecule has 1 heteroatoms. The molecule has 1 nitrogen and oxygen atoms in total. The van der Waals surface area contributed by atoms with Gasteiger partial charge in [0.25, 0.3) is 0 Å². The number of benzene rings is 9. The summed E-state index contributed by atoms with van der Waals surface area (Å²) in [6.07, 6.45) is 6.58. The van der Waals surface area contributed by atoms with Crippen LogP contribution >= 0.6 is 0 Å². The number of nitrogens with zero attached hydrogens (tertiary/aromatic N) is 1. The van der Waals surface area contributed by atoms with Crippen molar-refractivity contribution in [3.63, 3.8) is 0 Å². The van der Waals surface area contributed by atoms with Gasteiger partial charge in [-0.15, -0.1) is 0 Å². The van der Waals surface area contributed by atoms with Crippen molar-refractivity contribution in [3.8, 4) is 22.3 Å². The summed E-state index contributed by atoms with van der Waals surface area (Å²) in [5.74, 6) is 0.584. The summed E-state index contributed by atoms with van der Waals surface area (Å²) in [6.45, 7) is 0. The second kappa shape index (κ2) is 13.8. The lowest BCUT2D eigenvalue weighted by molar-refractivity contribution is 0.563. The van der Waals surface area contributed by atoms with E-state index in [1.54, 1.807) is 0 Å². The molecule has 5 aliphatic carbocycles. The van der Waals surface area contributed by atoms with E-state index >= 15 is 0 Å². The normalized spacial score (nSPS) is 16.6. The first kappa shape index (κ1) is 35.3. The largest absolute Gasteiger partial charge is 0.310 e. The highest BCUT2D eigenvalue weighted by molar-refractivity contribution is 5.88. The minimum atomic E-state index is -0.132. The van der Waals surface area contributed by atoms with Gasteiger partial charge in [0.05, 0.1) is 0 Å². The topological polar surface area (TPSA) is 3.24 Å². The van der Waals surface area contributed by atoms with Gasteiger partial charge in [0.15, 0.2) is 0 Å². The minimum Gasteiger partial charge on any atom is -0.310 e. The van der Waals surface area contributed by atoms with Gasteiger partial charge in [0, 0.05) is 34.3 Å². The summed E-state index contributed by atoms with van der Waals surface area (Å²) < 4.78 is 0. The molecule has 0 saturated carbocycles. The van der Waals surface area contributed by atoms with Gasteiger partial charge in [-0.2, -0.15) is 0 Å². The van der Waals surface area contributed by atoms with Gasteiger partial charge in [0.2, 0.25) is 0 Å². The van der Waals surface area contributed by atoms with Crippen LogP contribution in [0.2, 0.25) is 0 Å². The van der Waals surface area contributed by atoms with E-state index in [0.29, 0.717) is 5.92 Å². The van der Waals surface area contributed by atoms with Crippen LogP contribution < -0.4 is 4.90 Å². The number of hydrogen-bond acceptors (Lipinski definition) is 1. The number of anilines is 3. The molecule has 14 rings (SSSR count). The van der Waals surface area contributed by atoms with E-state index < -0.39 is 0 Å². The molecule has 0 aromatic heterocycles. The Bertz CT molecular complexity index is 3130. The predicted molar refractivity (Wildman–Crippen MR) is 257 cm³/mol. The summed E-state index contributed by atoms with van der Waals surface area (Å²) in [6, 6.07) is 79.4. The molecule has 0 radical (unpaired) electrons. The number of hydrogen-bond donors (Lipinski definition) is 0. The number of rotatable bonds is 6. The van der Waals surface area contributed by atoms with Gasteiger partial charge < -0.3 is 4.90 Å². The fourth-order valence-electron chi connectivity index (χ4n) is 11.7. The maximum Gasteiger partial charge on any atom is 0.0465 e. The van der Waals surface area contributed by atoms with E-state index in [1.165, 1.54) is 94.7 Å². The first-order chi connectivity index (χ1) is 30.7. The monoisotopic (exact) mass is 789 g/mol. The van der Waals surface area contributed by atoms with Crippen molar-refractivity contribution in [2.75, 3.05) is 4.90 Å². The van der Waals surface area contributed by atoms with Crippen molar-refractivity contribution in [2.45, 2.75) is 30.1 Å².